The van der Waals surface area contributed by atoms with Gasteiger partial charge in [-0.05, 0) is 31.5 Å². The van der Waals surface area contributed by atoms with Crippen molar-refractivity contribution in [3.63, 3.8) is 0 Å². The Morgan fingerprint density at radius 1 is 1.45 bits per heavy atom. The highest BCUT2D eigenvalue weighted by atomic mass is 16.5. The Labute approximate surface area is 116 Å². The Balaban J connectivity index is 2.29. The molecule has 102 valence electrons. The van der Waals surface area contributed by atoms with Crippen molar-refractivity contribution < 1.29 is 14.4 Å². The third-order valence-electron chi connectivity index (χ3n) is 2.68. The third kappa shape index (κ3) is 3.05. The maximum absolute atomic E-state index is 12.1. The number of carbonyl (C=O) groups excluding carboxylic acids is 1. The molecule has 0 atom stereocenters. The first-order chi connectivity index (χ1) is 9.61. The summed E-state index contributed by atoms with van der Waals surface area (Å²) in [5, 5.41) is 15.1. The molecule has 2 rings (SSSR count). The zero-order valence-electron chi connectivity index (χ0n) is 11.2. The Bertz CT molecular complexity index is 693. The Hall–Kier alpha value is -2.58. The number of aliphatic hydroxyl groups is 1. The molecule has 1 aromatic heterocycles. The molecule has 0 saturated carbocycles. The molecule has 2 N–H and O–H groups in total. The number of amides is 1. The Morgan fingerprint density at radius 2 is 2.25 bits per heavy atom. The minimum Gasteiger partial charge on any atom is -0.384 e. The van der Waals surface area contributed by atoms with Crippen molar-refractivity contribution in [3.05, 3.63) is 46.8 Å². The maximum Gasteiger partial charge on any atom is 0.294 e. The van der Waals surface area contributed by atoms with Crippen molar-refractivity contribution in [2.45, 2.75) is 13.8 Å². The smallest absolute Gasteiger partial charge is 0.294 e. The molecule has 0 aliphatic rings. The zero-order valence-corrected chi connectivity index (χ0v) is 11.2. The van der Waals surface area contributed by atoms with Crippen LogP contribution in [0.3, 0.4) is 0 Å². The fourth-order valence-corrected chi connectivity index (χ4v) is 1.69. The zero-order chi connectivity index (χ0) is 14.5. The van der Waals surface area contributed by atoms with Gasteiger partial charge >= 0.3 is 0 Å². The van der Waals surface area contributed by atoms with Crippen molar-refractivity contribution in [1.29, 1.82) is 0 Å². The molecule has 0 spiro atoms. The highest BCUT2D eigenvalue weighted by Gasteiger charge is 2.15. The van der Waals surface area contributed by atoms with Crippen molar-refractivity contribution in [2.24, 2.45) is 0 Å². The molecule has 0 saturated heterocycles. The molecule has 2 aromatic rings. The molecule has 0 unspecified atom stereocenters. The molecule has 5 heteroatoms. The van der Waals surface area contributed by atoms with Crippen LogP contribution in [0.1, 0.15) is 27.2 Å². The fourth-order valence-electron chi connectivity index (χ4n) is 1.69. The van der Waals surface area contributed by atoms with E-state index in [9.17, 15) is 4.79 Å². The van der Waals surface area contributed by atoms with Gasteiger partial charge in [-0.1, -0.05) is 23.1 Å². The molecule has 5 nitrogen and oxygen atoms in total. The van der Waals surface area contributed by atoms with Gasteiger partial charge in [0.15, 0.2) is 0 Å². The summed E-state index contributed by atoms with van der Waals surface area (Å²) in [7, 11) is 0. The SMILES string of the molecule is Cc1ccc(NC(=O)c2oncc2C)c(C#CCO)c1. The topological polar surface area (TPSA) is 75.4 Å². The number of nitrogens with zero attached hydrogens (tertiary/aromatic N) is 1. The van der Waals surface area contributed by atoms with E-state index in [1.165, 1.54) is 6.20 Å². The van der Waals surface area contributed by atoms with Gasteiger partial charge in [-0.3, -0.25) is 4.79 Å². The lowest BCUT2D eigenvalue weighted by Gasteiger charge is -2.07. The van der Waals surface area contributed by atoms with Gasteiger partial charge in [0.05, 0.1) is 11.9 Å². The second-order valence-electron chi connectivity index (χ2n) is 4.30. The number of rotatable bonds is 2. The van der Waals surface area contributed by atoms with Crippen LogP contribution < -0.4 is 5.32 Å². The monoisotopic (exact) mass is 270 g/mol. The van der Waals surface area contributed by atoms with Crippen LogP contribution in [0.15, 0.2) is 28.9 Å². The molecular formula is C15H14N2O3. The summed E-state index contributed by atoms with van der Waals surface area (Å²) < 4.78 is 4.90. The number of aromatic nitrogens is 1. The summed E-state index contributed by atoms with van der Waals surface area (Å²) in [4.78, 5) is 12.1. The predicted molar refractivity (Wildman–Crippen MR) is 74.3 cm³/mol. The Kier molecular flexibility index (Phi) is 4.18. The largest absolute Gasteiger partial charge is 0.384 e. The van der Waals surface area contributed by atoms with Crippen molar-refractivity contribution >= 4 is 11.6 Å². The van der Waals surface area contributed by atoms with E-state index in [1.54, 1.807) is 13.0 Å². The lowest BCUT2D eigenvalue weighted by Crippen LogP contribution is -2.13. The highest BCUT2D eigenvalue weighted by Crippen LogP contribution is 2.18. The first kappa shape index (κ1) is 13.8. The molecule has 0 aliphatic heterocycles. The summed E-state index contributed by atoms with van der Waals surface area (Å²) in [6.07, 6.45) is 1.48. The number of nitrogens with one attached hydrogen (secondary N) is 1. The van der Waals surface area contributed by atoms with E-state index in [-0.39, 0.29) is 18.3 Å². The minimum atomic E-state index is -0.379. The summed E-state index contributed by atoms with van der Waals surface area (Å²) >= 11 is 0. The van der Waals surface area contributed by atoms with E-state index in [1.807, 2.05) is 19.1 Å². The quantitative estimate of drug-likeness (QED) is 0.817. The number of hydrogen-bond donors (Lipinski definition) is 2. The van der Waals surface area contributed by atoms with Gasteiger partial charge in [-0.15, -0.1) is 0 Å². The van der Waals surface area contributed by atoms with Gasteiger partial charge < -0.3 is 14.9 Å². The number of aryl methyl sites for hydroxylation is 2. The van der Waals surface area contributed by atoms with Crippen molar-refractivity contribution in [1.82, 2.24) is 5.16 Å². The van der Waals surface area contributed by atoms with Crippen LogP contribution in [0, 0.1) is 25.7 Å². The van der Waals surface area contributed by atoms with Crippen LogP contribution in [-0.2, 0) is 0 Å². The average Bonchev–Trinajstić information content (AvgIpc) is 2.85. The summed E-state index contributed by atoms with van der Waals surface area (Å²) in [5.41, 5.74) is 2.89. The first-order valence-electron chi connectivity index (χ1n) is 6.05. The van der Waals surface area contributed by atoms with Gasteiger partial charge in [-0.2, -0.15) is 0 Å². The van der Waals surface area contributed by atoms with E-state index >= 15 is 0 Å². The van der Waals surface area contributed by atoms with Crippen LogP contribution in [0.2, 0.25) is 0 Å². The lowest BCUT2D eigenvalue weighted by atomic mass is 10.1. The van der Waals surface area contributed by atoms with Crippen molar-refractivity contribution in [3.8, 4) is 11.8 Å². The van der Waals surface area contributed by atoms with E-state index in [4.69, 9.17) is 9.63 Å². The minimum absolute atomic E-state index is 0.173. The van der Waals surface area contributed by atoms with Crippen LogP contribution >= 0.6 is 0 Å². The molecule has 0 bridgehead atoms. The standard InChI is InChI=1S/C15H14N2O3/c1-10-5-6-13(12(8-10)4-3-7-18)17-15(19)14-11(2)9-16-20-14/h5-6,8-9,18H,7H2,1-2H3,(H,17,19). The number of hydrogen-bond acceptors (Lipinski definition) is 4. The van der Waals surface area contributed by atoms with Crippen LogP contribution in [0.25, 0.3) is 0 Å². The van der Waals surface area contributed by atoms with Gasteiger partial charge in [0.2, 0.25) is 5.76 Å². The fraction of sp³-hybridized carbons (Fsp3) is 0.200. The van der Waals surface area contributed by atoms with Crippen LogP contribution in [-0.4, -0.2) is 22.8 Å². The summed E-state index contributed by atoms with van der Waals surface area (Å²) in [6, 6.07) is 5.47. The van der Waals surface area contributed by atoms with Gasteiger partial charge in [0.1, 0.15) is 6.61 Å². The molecule has 1 heterocycles. The molecule has 1 amide bonds. The van der Waals surface area contributed by atoms with Crippen LogP contribution in [0.5, 0.6) is 0 Å². The summed E-state index contributed by atoms with van der Waals surface area (Å²) in [6.45, 7) is 3.44. The van der Waals surface area contributed by atoms with E-state index in [0.29, 0.717) is 16.8 Å². The number of anilines is 1. The van der Waals surface area contributed by atoms with E-state index in [2.05, 4.69) is 22.3 Å². The second-order valence-corrected chi connectivity index (χ2v) is 4.30. The predicted octanol–water partition coefficient (Wildman–Crippen LogP) is 1.89. The van der Waals surface area contributed by atoms with Crippen molar-refractivity contribution in [2.75, 3.05) is 11.9 Å². The third-order valence-corrected chi connectivity index (χ3v) is 2.68. The summed E-state index contributed by atoms with van der Waals surface area (Å²) in [5.74, 6) is 5.17. The Morgan fingerprint density at radius 3 is 2.90 bits per heavy atom. The average molecular weight is 270 g/mol. The van der Waals surface area contributed by atoms with Crippen LogP contribution in [0.4, 0.5) is 5.69 Å². The maximum atomic E-state index is 12.1. The molecular weight excluding hydrogens is 256 g/mol. The highest BCUT2D eigenvalue weighted by molar-refractivity contribution is 6.03. The van der Waals surface area contributed by atoms with Gasteiger partial charge in [-0.25, -0.2) is 0 Å². The lowest BCUT2D eigenvalue weighted by molar-refractivity contribution is 0.0987. The molecule has 1 aromatic carbocycles. The second kappa shape index (κ2) is 6.04. The number of aliphatic hydroxyl groups excluding tert-OH is 1. The van der Waals surface area contributed by atoms with Gasteiger partial charge in [0, 0.05) is 11.1 Å². The normalized spacial score (nSPS) is 9.75. The molecule has 0 fully saturated rings. The number of benzene rings is 1. The molecule has 20 heavy (non-hydrogen) atoms. The molecule has 0 radical (unpaired) electrons. The van der Waals surface area contributed by atoms with Gasteiger partial charge in [0.25, 0.3) is 5.91 Å². The van der Waals surface area contributed by atoms with E-state index in [0.717, 1.165) is 5.56 Å². The molecule has 0 aliphatic carbocycles. The first-order valence-corrected chi connectivity index (χ1v) is 6.05. The number of carbonyl (C=O) groups is 1. The van der Waals surface area contributed by atoms with E-state index < -0.39 is 0 Å².